The lowest BCUT2D eigenvalue weighted by Crippen LogP contribution is -2.47. The van der Waals surface area contributed by atoms with Crippen molar-refractivity contribution < 1.29 is 19.0 Å². The van der Waals surface area contributed by atoms with E-state index < -0.39 is 18.0 Å². The molecule has 1 aromatic heterocycles. The third-order valence-corrected chi connectivity index (χ3v) is 2.62. The van der Waals surface area contributed by atoms with Crippen LogP contribution in [0.15, 0.2) is 18.3 Å². The van der Waals surface area contributed by atoms with Gasteiger partial charge in [-0.15, -0.1) is 0 Å². The highest BCUT2D eigenvalue weighted by Crippen LogP contribution is 2.11. The van der Waals surface area contributed by atoms with Gasteiger partial charge in [0.2, 0.25) is 5.95 Å². The number of ether oxygens (including phenoxy) is 1. The second-order valence-corrected chi connectivity index (χ2v) is 3.77. The number of hydrogen-bond acceptors (Lipinski definition) is 4. The lowest BCUT2D eigenvalue weighted by atomic mass is 10.2. The van der Waals surface area contributed by atoms with Crippen molar-refractivity contribution in [2.75, 3.05) is 26.3 Å². The highest BCUT2D eigenvalue weighted by atomic mass is 19.1. The molecule has 2 rings (SSSR count). The molecule has 0 bridgehead atoms. The third-order valence-electron chi connectivity index (χ3n) is 2.62. The van der Waals surface area contributed by atoms with Gasteiger partial charge in [-0.2, -0.15) is 4.39 Å². The SMILES string of the molecule is O=C(c1cccnc1F)N1CCOC(CO)C1. The molecule has 1 N–H and O–H groups in total. The predicted octanol–water partition coefficient (Wildman–Crippen LogP) is 0.0540. The minimum Gasteiger partial charge on any atom is -0.394 e. The maximum Gasteiger partial charge on any atom is 0.258 e. The van der Waals surface area contributed by atoms with Gasteiger partial charge in [0.25, 0.3) is 5.91 Å². The van der Waals surface area contributed by atoms with Gasteiger partial charge < -0.3 is 14.7 Å². The summed E-state index contributed by atoms with van der Waals surface area (Å²) in [5.41, 5.74) is -0.0499. The summed E-state index contributed by atoms with van der Waals surface area (Å²) in [5, 5.41) is 8.97. The number of morpholine rings is 1. The number of nitrogens with zero attached hydrogens (tertiary/aromatic N) is 2. The normalized spacial score (nSPS) is 20.4. The molecular formula is C11H13FN2O3. The first-order chi connectivity index (χ1) is 8.22. The summed E-state index contributed by atoms with van der Waals surface area (Å²) < 4.78 is 18.6. The molecule has 2 heterocycles. The highest BCUT2D eigenvalue weighted by Gasteiger charge is 2.26. The zero-order valence-corrected chi connectivity index (χ0v) is 9.17. The van der Waals surface area contributed by atoms with Crippen molar-refractivity contribution in [3.8, 4) is 0 Å². The minimum atomic E-state index is -0.774. The standard InChI is InChI=1S/C11H13FN2O3/c12-10-9(2-1-3-13-10)11(16)14-4-5-17-8(6-14)7-15/h1-3,8,15H,4-7H2. The van der Waals surface area contributed by atoms with E-state index in [1.54, 1.807) is 0 Å². The van der Waals surface area contributed by atoms with Gasteiger partial charge in [0.05, 0.1) is 24.9 Å². The van der Waals surface area contributed by atoms with E-state index in [-0.39, 0.29) is 18.7 Å². The number of rotatable bonds is 2. The Hall–Kier alpha value is -1.53. The molecule has 17 heavy (non-hydrogen) atoms. The second kappa shape index (κ2) is 5.20. The Morgan fingerprint density at radius 2 is 2.53 bits per heavy atom. The van der Waals surface area contributed by atoms with Crippen LogP contribution in [0.3, 0.4) is 0 Å². The average molecular weight is 240 g/mol. The third kappa shape index (κ3) is 2.59. The van der Waals surface area contributed by atoms with E-state index in [4.69, 9.17) is 9.84 Å². The summed E-state index contributed by atoms with van der Waals surface area (Å²) in [5.74, 6) is -1.19. The molecule has 0 radical (unpaired) electrons. The first-order valence-electron chi connectivity index (χ1n) is 5.34. The Labute approximate surface area is 97.8 Å². The van der Waals surface area contributed by atoms with Crippen LogP contribution in [0.5, 0.6) is 0 Å². The number of hydrogen-bond donors (Lipinski definition) is 1. The van der Waals surface area contributed by atoms with Gasteiger partial charge in [-0.05, 0) is 12.1 Å². The number of amides is 1. The van der Waals surface area contributed by atoms with Crippen LogP contribution in [0, 0.1) is 5.95 Å². The Morgan fingerprint density at radius 3 is 3.24 bits per heavy atom. The predicted molar refractivity (Wildman–Crippen MR) is 56.9 cm³/mol. The molecule has 5 nitrogen and oxygen atoms in total. The van der Waals surface area contributed by atoms with Crippen molar-refractivity contribution in [1.82, 2.24) is 9.88 Å². The smallest absolute Gasteiger partial charge is 0.258 e. The minimum absolute atomic E-state index is 0.0499. The molecule has 1 aromatic rings. The molecule has 1 atom stereocenters. The Kier molecular flexibility index (Phi) is 3.65. The van der Waals surface area contributed by atoms with Crippen LogP contribution in [0.1, 0.15) is 10.4 Å². The second-order valence-electron chi connectivity index (χ2n) is 3.77. The fraction of sp³-hybridized carbons (Fsp3) is 0.455. The number of aliphatic hydroxyl groups is 1. The topological polar surface area (TPSA) is 62.7 Å². The number of pyridine rings is 1. The van der Waals surface area contributed by atoms with Crippen LogP contribution in [-0.2, 0) is 4.74 Å². The van der Waals surface area contributed by atoms with E-state index >= 15 is 0 Å². The van der Waals surface area contributed by atoms with Crippen LogP contribution in [0.4, 0.5) is 4.39 Å². The quantitative estimate of drug-likeness (QED) is 0.742. The number of halogens is 1. The molecule has 1 aliphatic rings. The van der Waals surface area contributed by atoms with E-state index in [0.29, 0.717) is 13.2 Å². The van der Waals surface area contributed by atoms with E-state index in [1.807, 2.05) is 0 Å². The first kappa shape index (κ1) is 11.9. The maximum absolute atomic E-state index is 13.3. The first-order valence-corrected chi connectivity index (χ1v) is 5.34. The van der Waals surface area contributed by atoms with Crippen LogP contribution >= 0.6 is 0 Å². The monoisotopic (exact) mass is 240 g/mol. The summed E-state index contributed by atoms with van der Waals surface area (Å²) in [6.07, 6.45) is 0.898. The van der Waals surface area contributed by atoms with Crippen LogP contribution in [-0.4, -0.2) is 53.3 Å². The van der Waals surface area contributed by atoms with Gasteiger partial charge in [0, 0.05) is 19.3 Å². The van der Waals surface area contributed by atoms with Crippen molar-refractivity contribution in [2.24, 2.45) is 0 Å². The lowest BCUT2D eigenvalue weighted by molar-refractivity contribution is -0.0448. The molecule has 6 heteroatoms. The fourth-order valence-corrected chi connectivity index (χ4v) is 1.73. The van der Waals surface area contributed by atoms with Crippen LogP contribution in [0.25, 0.3) is 0 Å². The van der Waals surface area contributed by atoms with E-state index in [9.17, 15) is 9.18 Å². The molecule has 1 saturated heterocycles. The number of carbonyl (C=O) groups excluding carboxylic acids is 1. The fourth-order valence-electron chi connectivity index (χ4n) is 1.73. The summed E-state index contributed by atoms with van der Waals surface area (Å²) in [6, 6.07) is 2.91. The van der Waals surface area contributed by atoms with E-state index in [2.05, 4.69) is 4.98 Å². The zero-order valence-electron chi connectivity index (χ0n) is 9.17. The van der Waals surface area contributed by atoms with Crippen molar-refractivity contribution in [3.63, 3.8) is 0 Å². The molecule has 92 valence electrons. The Bertz CT molecular complexity index is 413. The van der Waals surface area contributed by atoms with Crippen LogP contribution < -0.4 is 0 Å². The van der Waals surface area contributed by atoms with Gasteiger partial charge >= 0.3 is 0 Å². The van der Waals surface area contributed by atoms with Crippen molar-refractivity contribution in [3.05, 3.63) is 29.8 Å². The summed E-state index contributed by atoms with van der Waals surface area (Å²) >= 11 is 0. The molecule has 1 fully saturated rings. The van der Waals surface area contributed by atoms with Gasteiger partial charge in [0.15, 0.2) is 0 Å². The highest BCUT2D eigenvalue weighted by molar-refractivity contribution is 5.94. The van der Waals surface area contributed by atoms with Crippen molar-refractivity contribution in [1.29, 1.82) is 0 Å². The van der Waals surface area contributed by atoms with Crippen molar-refractivity contribution >= 4 is 5.91 Å². The molecule has 1 aliphatic heterocycles. The zero-order chi connectivity index (χ0) is 12.3. The Morgan fingerprint density at radius 1 is 1.71 bits per heavy atom. The lowest BCUT2D eigenvalue weighted by Gasteiger charge is -2.32. The molecule has 0 aromatic carbocycles. The van der Waals surface area contributed by atoms with Crippen LogP contribution in [0.2, 0.25) is 0 Å². The summed E-state index contributed by atoms with van der Waals surface area (Å²) in [4.78, 5) is 16.9. The number of aliphatic hydroxyl groups excluding tert-OH is 1. The molecule has 1 amide bonds. The molecule has 1 unspecified atom stereocenters. The largest absolute Gasteiger partial charge is 0.394 e. The van der Waals surface area contributed by atoms with Crippen molar-refractivity contribution in [2.45, 2.75) is 6.10 Å². The molecule has 0 saturated carbocycles. The Balaban J connectivity index is 2.12. The van der Waals surface area contributed by atoms with Gasteiger partial charge in [-0.25, -0.2) is 4.98 Å². The number of carbonyl (C=O) groups is 1. The number of aromatic nitrogens is 1. The van der Waals surface area contributed by atoms with Gasteiger partial charge in [0.1, 0.15) is 0 Å². The van der Waals surface area contributed by atoms with Gasteiger partial charge in [-0.3, -0.25) is 4.79 Å². The molecular weight excluding hydrogens is 227 g/mol. The van der Waals surface area contributed by atoms with Gasteiger partial charge in [-0.1, -0.05) is 0 Å². The molecule has 0 spiro atoms. The average Bonchev–Trinajstić information content (AvgIpc) is 2.38. The molecule has 0 aliphatic carbocycles. The van der Waals surface area contributed by atoms with E-state index in [1.165, 1.54) is 23.2 Å². The maximum atomic E-state index is 13.3. The summed E-state index contributed by atoms with van der Waals surface area (Å²) in [6.45, 7) is 0.853. The summed E-state index contributed by atoms with van der Waals surface area (Å²) in [7, 11) is 0. The van der Waals surface area contributed by atoms with E-state index in [0.717, 1.165) is 0 Å².